The highest BCUT2D eigenvalue weighted by molar-refractivity contribution is 5.90. The van der Waals surface area contributed by atoms with Crippen LogP contribution in [0.25, 0.3) is 0 Å². The number of unbranched alkanes of at least 4 members (excludes halogenated alkanes) is 1. The van der Waals surface area contributed by atoms with E-state index in [0.29, 0.717) is 6.54 Å². The maximum absolute atomic E-state index is 13.4. The Bertz CT molecular complexity index is 1220. The Morgan fingerprint density at radius 1 is 1.24 bits per heavy atom. The molecule has 1 aliphatic heterocycles. The highest BCUT2D eigenvalue weighted by atomic mass is 19.4. The van der Waals surface area contributed by atoms with Crippen LogP contribution < -0.4 is 10.6 Å². The largest absolute Gasteiger partial charge is 0.480 e. The van der Waals surface area contributed by atoms with Crippen LogP contribution in [0.1, 0.15) is 55.5 Å². The molecule has 0 spiro atoms. The van der Waals surface area contributed by atoms with E-state index in [-0.39, 0.29) is 32.4 Å². The summed E-state index contributed by atoms with van der Waals surface area (Å²) in [5.74, 6) is -1.02. The molecule has 2 aliphatic rings. The van der Waals surface area contributed by atoms with Crippen LogP contribution in [-0.4, -0.2) is 88.8 Å². The molecule has 4 rings (SSSR count). The Balaban J connectivity index is 1.32. The quantitative estimate of drug-likeness (QED) is 0.199. The monoisotopic (exact) mass is 598 g/mol. The maximum atomic E-state index is 13.4. The zero-order chi connectivity index (χ0) is 30.3. The third-order valence-corrected chi connectivity index (χ3v) is 7.88. The first kappa shape index (κ1) is 31.7. The van der Waals surface area contributed by atoms with Gasteiger partial charge in [-0.05, 0) is 75.6 Å². The first-order chi connectivity index (χ1) is 20.1. The number of aromatic nitrogens is 3. The summed E-state index contributed by atoms with van der Waals surface area (Å²) in [6.07, 6.45) is 0.701. The van der Waals surface area contributed by atoms with Gasteiger partial charge in [-0.15, -0.1) is 0 Å². The first-order valence-corrected chi connectivity index (χ1v) is 14.3. The molecule has 2 aromatic rings. The summed E-state index contributed by atoms with van der Waals surface area (Å²) in [5, 5.41) is 19.1. The van der Waals surface area contributed by atoms with Crippen LogP contribution in [0.2, 0.25) is 0 Å². The molecule has 1 amide bonds. The van der Waals surface area contributed by atoms with Gasteiger partial charge in [0.2, 0.25) is 5.91 Å². The number of nitrogens with zero attached hydrogens (tertiary/aromatic N) is 4. The number of carbonyl (C=O) groups is 2. The normalized spacial score (nSPS) is 17.3. The molecule has 10 nitrogen and oxygen atoms in total. The van der Waals surface area contributed by atoms with Crippen LogP contribution in [0.4, 0.5) is 23.4 Å². The Hall–Kier alpha value is -3.26. The van der Waals surface area contributed by atoms with E-state index in [0.717, 1.165) is 67.1 Å². The van der Waals surface area contributed by atoms with Crippen molar-refractivity contribution < 1.29 is 37.0 Å². The van der Waals surface area contributed by atoms with Crippen molar-refractivity contribution in [2.24, 2.45) is 0 Å². The molecule has 14 heteroatoms. The van der Waals surface area contributed by atoms with E-state index in [1.165, 1.54) is 12.7 Å². The molecular weight excluding hydrogens is 560 g/mol. The van der Waals surface area contributed by atoms with E-state index in [9.17, 15) is 32.3 Å². The average molecular weight is 599 g/mol. The number of amides is 1. The molecule has 3 N–H and O–H groups in total. The summed E-state index contributed by atoms with van der Waals surface area (Å²) in [5.41, 5.74) is -0.259. The van der Waals surface area contributed by atoms with Gasteiger partial charge in [0.05, 0.1) is 6.10 Å². The number of anilines is 1. The number of aliphatic carboxylic acids is 1. The van der Waals surface area contributed by atoms with Crippen LogP contribution in [-0.2, 0) is 38.9 Å². The van der Waals surface area contributed by atoms with Gasteiger partial charge in [-0.25, -0.2) is 14.2 Å². The van der Waals surface area contributed by atoms with Crippen molar-refractivity contribution in [3.63, 3.8) is 0 Å². The predicted molar refractivity (Wildman–Crippen MR) is 146 cm³/mol. The van der Waals surface area contributed by atoms with Gasteiger partial charge in [0.15, 0.2) is 5.69 Å². The Morgan fingerprint density at radius 3 is 2.67 bits per heavy atom. The summed E-state index contributed by atoms with van der Waals surface area (Å²) in [4.78, 5) is 31.7. The number of hydrogen-bond acceptors (Lipinski definition) is 7. The van der Waals surface area contributed by atoms with E-state index in [2.05, 4.69) is 21.8 Å². The van der Waals surface area contributed by atoms with Crippen LogP contribution >= 0.6 is 0 Å². The molecule has 0 unspecified atom stereocenters. The number of methoxy groups -OCH3 is 1. The number of rotatable bonds is 16. The highest BCUT2D eigenvalue weighted by Crippen LogP contribution is 2.44. The smallest absolute Gasteiger partial charge is 0.435 e. The number of carbonyl (C=O) groups excluding carboxylic acids is 1. The SMILES string of the molecule is CO[C@H](CF)CN(CCCCc1ccc2c(n1)NCCC2)CC[C@H](NC(=O)C1(n2ccc(C(F)(F)F)n2)CC1)C(=O)O. The molecule has 3 heterocycles. The number of halogens is 4. The number of carboxylic acids is 1. The summed E-state index contributed by atoms with van der Waals surface area (Å²) < 4.78 is 58.6. The molecule has 232 valence electrons. The van der Waals surface area contributed by atoms with Gasteiger partial charge in [0, 0.05) is 38.6 Å². The zero-order valence-corrected chi connectivity index (χ0v) is 23.6. The lowest BCUT2D eigenvalue weighted by Crippen LogP contribution is -2.49. The number of hydrogen-bond donors (Lipinski definition) is 3. The topological polar surface area (TPSA) is 122 Å². The molecule has 1 aliphatic carbocycles. The lowest BCUT2D eigenvalue weighted by molar-refractivity contribution is -0.143. The second-order valence-corrected chi connectivity index (χ2v) is 10.9. The number of nitrogens with one attached hydrogen (secondary N) is 2. The molecule has 1 fully saturated rings. The second-order valence-electron chi connectivity index (χ2n) is 10.9. The van der Waals surface area contributed by atoms with Gasteiger partial charge in [-0.1, -0.05) is 6.07 Å². The summed E-state index contributed by atoms with van der Waals surface area (Å²) >= 11 is 0. The summed E-state index contributed by atoms with van der Waals surface area (Å²) in [6, 6.07) is 3.64. The number of aryl methyl sites for hydroxylation is 2. The fourth-order valence-corrected chi connectivity index (χ4v) is 5.17. The molecule has 2 aromatic heterocycles. The van der Waals surface area contributed by atoms with E-state index < -0.39 is 48.1 Å². The number of fused-ring (bicyclic) bond motifs is 1. The summed E-state index contributed by atoms with van der Waals surface area (Å²) in [7, 11) is 1.41. The zero-order valence-electron chi connectivity index (χ0n) is 23.6. The lowest BCUT2D eigenvalue weighted by Gasteiger charge is -2.27. The molecule has 0 saturated heterocycles. The van der Waals surface area contributed by atoms with Crippen molar-refractivity contribution in [1.82, 2.24) is 25.0 Å². The van der Waals surface area contributed by atoms with E-state index >= 15 is 0 Å². The second kappa shape index (κ2) is 13.8. The molecular formula is C28H38F4N6O4. The van der Waals surface area contributed by atoms with Gasteiger partial charge < -0.3 is 25.4 Å². The summed E-state index contributed by atoms with van der Waals surface area (Å²) in [6.45, 7) is 1.25. The Morgan fingerprint density at radius 2 is 2.02 bits per heavy atom. The van der Waals surface area contributed by atoms with Crippen LogP contribution in [0.15, 0.2) is 24.4 Å². The van der Waals surface area contributed by atoms with Crippen molar-refractivity contribution >= 4 is 17.7 Å². The van der Waals surface area contributed by atoms with Crippen molar-refractivity contribution in [3.05, 3.63) is 41.3 Å². The van der Waals surface area contributed by atoms with Crippen LogP contribution in [0.5, 0.6) is 0 Å². The van der Waals surface area contributed by atoms with Crippen molar-refractivity contribution in [2.75, 3.05) is 45.3 Å². The van der Waals surface area contributed by atoms with Crippen LogP contribution in [0, 0.1) is 0 Å². The minimum Gasteiger partial charge on any atom is -0.480 e. The van der Waals surface area contributed by atoms with Crippen molar-refractivity contribution in [3.8, 4) is 0 Å². The van der Waals surface area contributed by atoms with E-state index in [1.54, 1.807) is 0 Å². The molecule has 2 atom stereocenters. The number of ether oxygens (including phenoxy) is 1. The average Bonchev–Trinajstić information content (AvgIpc) is 3.62. The molecule has 42 heavy (non-hydrogen) atoms. The number of carboxylic acid groups (broad SMARTS) is 1. The van der Waals surface area contributed by atoms with E-state index in [4.69, 9.17) is 9.72 Å². The van der Waals surface area contributed by atoms with Gasteiger partial charge in [-0.3, -0.25) is 9.48 Å². The Kier molecular flexibility index (Phi) is 10.4. The van der Waals surface area contributed by atoms with E-state index in [1.807, 2.05) is 11.0 Å². The standard InChI is InChI=1S/C28H38F4N6O4/c1-42-21(17-29)18-37(14-3-2-6-20-8-7-19-5-4-13-33-24(19)34-20)15-9-22(25(39)40)35-26(41)27(11-12-27)38-16-10-23(36-38)28(30,31)32/h7-8,10,16,21-22H,2-6,9,11-15,17-18H2,1H3,(H,33,34)(H,35,41)(H,39,40)/t21-,22+/m1/s1. The predicted octanol–water partition coefficient (Wildman–Crippen LogP) is 3.41. The fourth-order valence-electron chi connectivity index (χ4n) is 5.17. The van der Waals surface area contributed by atoms with Crippen LogP contribution in [0.3, 0.4) is 0 Å². The first-order valence-electron chi connectivity index (χ1n) is 14.3. The minimum atomic E-state index is -4.65. The highest BCUT2D eigenvalue weighted by Gasteiger charge is 2.54. The van der Waals surface area contributed by atoms with Gasteiger partial charge in [-0.2, -0.15) is 18.3 Å². The molecule has 0 aromatic carbocycles. The van der Waals surface area contributed by atoms with Gasteiger partial charge in [0.1, 0.15) is 24.1 Å². The number of pyridine rings is 1. The molecule has 0 bridgehead atoms. The third-order valence-electron chi connectivity index (χ3n) is 7.88. The molecule has 1 saturated carbocycles. The lowest BCUT2D eigenvalue weighted by atomic mass is 10.1. The van der Waals surface area contributed by atoms with Gasteiger partial charge in [0.25, 0.3) is 0 Å². The number of alkyl halides is 4. The van der Waals surface area contributed by atoms with Crippen molar-refractivity contribution in [2.45, 2.75) is 75.2 Å². The Labute approximate surface area is 241 Å². The van der Waals surface area contributed by atoms with Crippen molar-refractivity contribution in [1.29, 1.82) is 0 Å². The van der Waals surface area contributed by atoms with Gasteiger partial charge >= 0.3 is 12.1 Å². The fraction of sp³-hybridized carbons (Fsp3) is 0.643. The maximum Gasteiger partial charge on any atom is 0.435 e. The minimum absolute atomic E-state index is 0.0187. The molecule has 0 radical (unpaired) electrons. The third kappa shape index (κ3) is 7.97.